The van der Waals surface area contributed by atoms with Crippen LogP contribution in [0.3, 0.4) is 0 Å². The van der Waals surface area contributed by atoms with Crippen molar-refractivity contribution in [1.82, 2.24) is 30.2 Å². The van der Waals surface area contributed by atoms with Crippen LogP contribution in [0, 0.1) is 5.82 Å². The molecule has 3 N–H and O–H groups in total. The van der Waals surface area contributed by atoms with Crippen LogP contribution in [0.4, 0.5) is 8.78 Å². The van der Waals surface area contributed by atoms with E-state index in [1.165, 1.54) is 24.0 Å². The SMILES string of the molecule is CC(=O)c1cn(CC(=O)N2C[C@H](F)C[C@H]2C(=O)NCc2cccc(Cl)c2F)c2cc(OCc3n[nH][nH]3)ccc12. The number of hydrogen-bond donors (Lipinski definition) is 3. The van der Waals surface area contributed by atoms with Crippen molar-refractivity contribution in [2.45, 2.75) is 45.3 Å². The van der Waals surface area contributed by atoms with Crippen LogP contribution in [0.1, 0.15) is 35.1 Å². The van der Waals surface area contributed by atoms with E-state index in [-0.39, 0.29) is 49.0 Å². The van der Waals surface area contributed by atoms with Gasteiger partial charge in [0.2, 0.25) is 11.8 Å². The number of carbonyl (C=O) groups is 3. The number of nitrogens with one attached hydrogen (secondary N) is 3. The molecule has 1 aliphatic heterocycles. The van der Waals surface area contributed by atoms with Gasteiger partial charge in [0.05, 0.1) is 17.1 Å². The van der Waals surface area contributed by atoms with Gasteiger partial charge >= 0.3 is 0 Å². The van der Waals surface area contributed by atoms with Crippen molar-refractivity contribution in [2.24, 2.45) is 0 Å². The molecule has 2 amide bonds. The number of carbonyl (C=O) groups excluding carboxylic acids is 3. The van der Waals surface area contributed by atoms with Crippen molar-refractivity contribution in [3.8, 4) is 5.75 Å². The molecule has 39 heavy (non-hydrogen) atoms. The molecule has 3 heterocycles. The lowest BCUT2D eigenvalue weighted by Gasteiger charge is -2.24. The first-order chi connectivity index (χ1) is 18.7. The molecule has 13 heteroatoms. The fourth-order valence-corrected chi connectivity index (χ4v) is 4.85. The quantitative estimate of drug-likeness (QED) is 0.271. The van der Waals surface area contributed by atoms with Crippen molar-refractivity contribution < 1.29 is 27.9 Å². The third kappa shape index (κ3) is 5.51. The number of ketones is 1. The van der Waals surface area contributed by atoms with E-state index in [0.29, 0.717) is 28.0 Å². The van der Waals surface area contributed by atoms with Crippen LogP contribution in [0.2, 0.25) is 5.02 Å². The number of ether oxygens (including phenoxy) is 1. The van der Waals surface area contributed by atoms with E-state index in [9.17, 15) is 23.2 Å². The molecule has 4 aromatic rings. The number of benzene rings is 2. The van der Waals surface area contributed by atoms with E-state index in [1.807, 2.05) is 0 Å². The Labute approximate surface area is 226 Å². The van der Waals surface area contributed by atoms with Crippen molar-refractivity contribution in [1.29, 1.82) is 0 Å². The largest absolute Gasteiger partial charge is 0.485 e. The topological polar surface area (TPSA) is 125 Å². The van der Waals surface area contributed by atoms with E-state index in [2.05, 4.69) is 20.7 Å². The Kier molecular flexibility index (Phi) is 7.38. The molecule has 2 aromatic heterocycles. The Morgan fingerprint density at radius 2 is 2.05 bits per heavy atom. The highest BCUT2D eigenvalue weighted by molar-refractivity contribution is 6.30. The predicted octanol–water partition coefficient (Wildman–Crippen LogP) is 3.52. The van der Waals surface area contributed by atoms with Gasteiger partial charge in [-0.05, 0) is 25.1 Å². The molecular weight excluding hydrogens is 534 g/mol. The first-order valence-electron chi connectivity index (χ1n) is 12.2. The number of nitrogens with zero attached hydrogens (tertiary/aromatic N) is 3. The monoisotopic (exact) mass is 558 g/mol. The average molecular weight is 559 g/mol. The standard InChI is InChI=1S/C26H25ClF2N6O4/c1-14(36)19-11-34(21-8-17(5-6-18(19)21)39-13-23-31-33-32-23)12-24(37)35-10-16(28)7-22(35)26(38)30-9-15-3-2-4-20(27)25(15)29/h2-6,8,11,16,22,33H,7,9-10,12-13H2,1H3,(H,30,38)(H,31,32)/t16-,22+/m1/s1. The highest BCUT2D eigenvalue weighted by atomic mass is 35.5. The molecule has 204 valence electrons. The second-order valence-corrected chi connectivity index (χ2v) is 9.72. The first-order valence-corrected chi connectivity index (χ1v) is 12.6. The molecule has 10 nitrogen and oxygen atoms in total. The highest BCUT2D eigenvalue weighted by Crippen LogP contribution is 2.28. The number of likely N-dealkylation sites (tertiary alicyclic amines) is 1. The molecular formula is C26H25ClF2N6O4. The van der Waals surface area contributed by atoms with Gasteiger partial charge in [0.15, 0.2) is 11.6 Å². The van der Waals surface area contributed by atoms with E-state index in [1.54, 1.807) is 35.0 Å². The third-order valence-corrected chi connectivity index (χ3v) is 6.95. The fourth-order valence-electron chi connectivity index (χ4n) is 4.66. The maximum absolute atomic E-state index is 14.4. The summed E-state index contributed by atoms with van der Waals surface area (Å²) in [5, 5.41) is 12.3. The van der Waals surface area contributed by atoms with E-state index in [0.717, 1.165) is 0 Å². The molecule has 1 saturated heterocycles. The van der Waals surface area contributed by atoms with Crippen LogP contribution < -0.4 is 10.1 Å². The molecule has 0 saturated carbocycles. The van der Waals surface area contributed by atoms with Crippen LogP contribution in [-0.2, 0) is 29.3 Å². The minimum Gasteiger partial charge on any atom is -0.485 e. The van der Waals surface area contributed by atoms with E-state index >= 15 is 0 Å². The molecule has 0 unspecified atom stereocenters. The van der Waals surface area contributed by atoms with E-state index in [4.69, 9.17) is 16.3 Å². The first kappa shape index (κ1) is 26.4. The Morgan fingerprint density at radius 3 is 2.77 bits per heavy atom. The van der Waals surface area contributed by atoms with Crippen molar-refractivity contribution >= 4 is 40.1 Å². The molecule has 5 rings (SSSR count). The molecule has 0 bridgehead atoms. The zero-order valence-corrected chi connectivity index (χ0v) is 21.6. The van der Waals surface area contributed by atoms with Gasteiger partial charge in [-0.15, -0.1) is 5.10 Å². The summed E-state index contributed by atoms with van der Waals surface area (Å²) in [4.78, 5) is 39.7. The second kappa shape index (κ2) is 10.9. The van der Waals surface area contributed by atoms with Crippen LogP contribution >= 0.6 is 11.6 Å². The fraction of sp³-hybridized carbons (Fsp3) is 0.308. The number of rotatable bonds is 9. The number of aromatic nitrogens is 4. The minimum absolute atomic E-state index is 0.0776. The summed E-state index contributed by atoms with van der Waals surface area (Å²) in [6, 6.07) is 8.51. The smallest absolute Gasteiger partial charge is 0.243 e. The van der Waals surface area contributed by atoms with Crippen LogP contribution in [-0.4, -0.2) is 61.2 Å². The lowest BCUT2D eigenvalue weighted by Crippen LogP contribution is -2.46. The number of amides is 2. The Balaban J connectivity index is 1.33. The molecule has 1 fully saturated rings. The Bertz CT molecular complexity index is 1540. The van der Waals surface area contributed by atoms with Gasteiger partial charge < -0.3 is 19.5 Å². The van der Waals surface area contributed by atoms with Gasteiger partial charge in [-0.25, -0.2) is 14.0 Å². The van der Waals surface area contributed by atoms with Gasteiger partial charge in [0, 0.05) is 41.7 Å². The molecule has 0 aliphatic carbocycles. The minimum atomic E-state index is -1.39. The highest BCUT2D eigenvalue weighted by Gasteiger charge is 2.39. The number of Topliss-reactive ketones (excluding diaryl/α,β-unsaturated/α-hetero) is 1. The van der Waals surface area contributed by atoms with Crippen molar-refractivity contribution in [2.75, 3.05) is 6.54 Å². The average Bonchev–Trinajstić information content (AvgIpc) is 3.44. The number of halogens is 3. The molecule has 0 spiro atoms. The summed E-state index contributed by atoms with van der Waals surface area (Å²) in [6.45, 7) is 0.977. The summed E-state index contributed by atoms with van der Waals surface area (Å²) in [5.41, 5.74) is 1.16. The molecule has 0 radical (unpaired) electrons. The van der Waals surface area contributed by atoms with Gasteiger partial charge in [0.25, 0.3) is 0 Å². The maximum Gasteiger partial charge on any atom is 0.243 e. The number of alkyl halides is 1. The normalized spacial score (nSPS) is 17.1. The molecule has 2 atom stereocenters. The van der Waals surface area contributed by atoms with Gasteiger partial charge in [0.1, 0.15) is 36.9 Å². The Morgan fingerprint density at radius 1 is 1.26 bits per heavy atom. The summed E-state index contributed by atoms with van der Waals surface area (Å²) in [7, 11) is 0. The van der Waals surface area contributed by atoms with Crippen LogP contribution in [0.5, 0.6) is 5.75 Å². The summed E-state index contributed by atoms with van der Waals surface area (Å²) in [6.07, 6.45) is 0.00101. The summed E-state index contributed by atoms with van der Waals surface area (Å²) < 4.78 is 35.9. The van der Waals surface area contributed by atoms with Gasteiger partial charge in [-0.2, -0.15) is 0 Å². The maximum atomic E-state index is 14.4. The van der Waals surface area contributed by atoms with E-state index < -0.39 is 29.8 Å². The number of H-pyrrole nitrogens is 2. The zero-order chi connectivity index (χ0) is 27.7. The van der Waals surface area contributed by atoms with Crippen LogP contribution in [0.25, 0.3) is 10.9 Å². The van der Waals surface area contributed by atoms with Crippen LogP contribution in [0.15, 0.2) is 42.6 Å². The van der Waals surface area contributed by atoms with Gasteiger partial charge in [-0.3, -0.25) is 19.5 Å². The zero-order valence-electron chi connectivity index (χ0n) is 20.8. The summed E-state index contributed by atoms with van der Waals surface area (Å²) >= 11 is 5.80. The number of fused-ring (bicyclic) bond motifs is 1. The lowest BCUT2D eigenvalue weighted by atomic mass is 10.1. The second-order valence-electron chi connectivity index (χ2n) is 9.32. The predicted molar refractivity (Wildman–Crippen MR) is 137 cm³/mol. The van der Waals surface area contributed by atoms with Crippen molar-refractivity contribution in [3.05, 3.63) is 70.4 Å². The third-order valence-electron chi connectivity index (χ3n) is 6.66. The summed E-state index contributed by atoms with van der Waals surface area (Å²) in [5.74, 6) is -0.822. The lowest BCUT2D eigenvalue weighted by molar-refractivity contribution is -0.139. The van der Waals surface area contributed by atoms with Crippen molar-refractivity contribution in [3.63, 3.8) is 0 Å². The Hall–Kier alpha value is -4.19. The number of hydrogen-bond acceptors (Lipinski definition) is 5. The number of aromatic amines is 2. The molecule has 2 aromatic carbocycles. The van der Waals surface area contributed by atoms with Gasteiger partial charge in [-0.1, -0.05) is 23.7 Å². The molecule has 1 aliphatic rings.